The normalized spacial score (nSPS) is 33.4. The maximum atomic E-state index is 12.6. The molecular formula is C37H57N5O7S2. The fourth-order valence-electron chi connectivity index (χ4n) is 7.99. The third-order valence-electron chi connectivity index (χ3n) is 10.9. The van der Waals surface area contributed by atoms with Crippen molar-refractivity contribution >= 4 is 33.5 Å². The first-order valence-electron chi connectivity index (χ1n) is 18.4. The number of aliphatic imine (C=N–C) groups is 1. The van der Waals surface area contributed by atoms with Crippen molar-refractivity contribution in [3.8, 4) is 23.3 Å². The van der Waals surface area contributed by atoms with E-state index in [2.05, 4.69) is 32.8 Å². The summed E-state index contributed by atoms with van der Waals surface area (Å²) in [7, 11) is 3.59. The molecule has 12 nitrogen and oxygen atoms in total. The van der Waals surface area contributed by atoms with E-state index in [1.165, 1.54) is 6.92 Å². The molecular weight excluding hydrogens is 691 g/mol. The van der Waals surface area contributed by atoms with E-state index in [1.807, 2.05) is 16.9 Å². The van der Waals surface area contributed by atoms with E-state index in [4.69, 9.17) is 15.2 Å². The lowest BCUT2D eigenvalue weighted by Gasteiger charge is -2.42. The summed E-state index contributed by atoms with van der Waals surface area (Å²) >= 11 is 0. The van der Waals surface area contributed by atoms with Gasteiger partial charge in [0.15, 0.2) is 17.5 Å². The minimum atomic E-state index is -0.974. The van der Waals surface area contributed by atoms with Crippen LogP contribution in [0, 0.1) is 29.1 Å². The van der Waals surface area contributed by atoms with E-state index in [0.29, 0.717) is 43.5 Å². The first-order chi connectivity index (χ1) is 24.5. The van der Waals surface area contributed by atoms with Gasteiger partial charge in [0, 0.05) is 68.3 Å². The van der Waals surface area contributed by atoms with Crippen LogP contribution in [0.5, 0.6) is 11.5 Å². The lowest BCUT2D eigenvalue weighted by atomic mass is 9.72. The predicted molar refractivity (Wildman–Crippen MR) is 203 cm³/mol. The second kappa shape index (κ2) is 18.6. The fraction of sp³-hybridized carbons (Fsp3) is 0.730. The van der Waals surface area contributed by atoms with Crippen LogP contribution in [0.4, 0.5) is 0 Å². The highest BCUT2D eigenvalue weighted by molar-refractivity contribution is 8.76. The zero-order valence-corrected chi connectivity index (χ0v) is 31.6. The summed E-state index contributed by atoms with van der Waals surface area (Å²) in [5, 5.41) is 55.1. The number of hydrogen-bond acceptors (Lipinski definition) is 14. The van der Waals surface area contributed by atoms with Gasteiger partial charge in [-0.15, -0.1) is 0 Å². The van der Waals surface area contributed by atoms with E-state index in [1.54, 1.807) is 23.8 Å². The SMILES string of the molecule is CC(=O)O[C@H]1C[C@@H](O)CC[C@]2([C@H](C)O)C#C[C@H]3CCC[C@]4(CNCCSSCCNC(N)=NC2)C[C@@H](CCN4)Oc2cc(c(CO)cc2O)C[C@H]13. The van der Waals surface area contributed by atoms with Crippen molar-refractivity contribution in [2.75, 3.05) is 44.2 Å². The fourth-order valence-corrected chi connectivity index (χ4v) is 9.84. The van der Waals surface area contributed by atoms with E-state index in [0.717, 1.165) is 62.4 Å². The molecule has 1 aromatic rings. The number of fused-ring (bicyclic) bond motifs is 6. The number of nitrogens with zero attached hydrogens (tertiary/aromatic N) is 1. The summed E-state index contributed by atoms with van der Waals surface area (Å²) < 4.78 is 12.6. The maximum Gasteiger partial charge on any atom is 0.302 e. The minimum absolute atomic E-state index is 0.0305. The van der Waals surface area contributed by atoms with Gasteiger partial charge in [-0.1, -0.05) is 39.8 Å². The average Bonchev–Trinajstić information content (AvgIpc) is 3.09. The summed E-state index contributed by atoms with van der Waals surface area (Å²) in [5.74, 6) is 8.36. The third-order valence-corrected chi connectivity index (χ3v) is 13.3. The molecule has 0 radical (unpaired) electrons. The number of phenols is 1. The Balaban J connectivity index is 1.67. The molecule has 3 heterocycles. The van der Waals surface area contributed by atoms with Crippen LogP contribution in [0.2, 0.25) is 0 Å². The number of aliphatic hydroxyl groups is 3. The van der Waals surface area contributed by atoms with Crippen LogP contribution < -0.4 is 26.4 Å². The number of phenolic OH excluding ortho intramolecular Hbond substituents is 1. The summed E-state index contributed by atoms with van der Waals surface area (Å²) in [6.45, 7) is 5.97. The number of aliphatic hydroxyl groups excluding tert-OH is 3. The van der Waals surface area contributed by atoms with Crippen molar-refractivity contribution < 1.29 is 34.7 Å². The Hall–Kier alpha value is -2.38. The van der Waals surface area contributed by atoms with Crippen molar-refractivity contribution in [2.24, 2.45) is 28.0 Å². The van der Waals surface area contributed by atoms with Gasteiger partial charge in [-0.3, -0.25) is 9.79 Å². The molecule has 284 valence electrons. The second-order valence-electron chi connectivity index (χ2n) is 14.7. The van der Waals surface area contributed by atoms with Crippen LogP contribution in [0.1, 0.15) is 76.3 Å². The van der Waals surface area contributed by atoms with Gasteiger partial charge in [-0.2, -0.15) is 0 Å². The molecule has 1 spiro atoms. The van der Waals surface area contributed by atoms with Gasteiger partial charge in [0.05, 0.1) is 30.8 Å². The molecule has 1 aromatic carbocycles. The summed E-state index contributed by atoms with van der Waals surface area (Å²) in [6, 6.07) is 3.38. The molecule has 3 aliphatic heterocycles. The van der Waals surface area contributed by atoms with Gasteiger partial charge in [0.2, 0.25) is 0 Å². The zero-order chi connectivity index (χ0) is 36.4. The molecule has 14 heteroatoms. The van der Waals surface area contributed by atoms with Crippen LogP contribution in [0.3, 0.4) is 0 Å². The number of rotatable bonds is 3. The molecule has 5 rings (SSSR count). The highest BCUT2D eigenvalue weighted by atomic mass is 33.1. The maximum absolute atomic E-state index is 12.6. The Kier molecular flexibility index (Phi) is 14.5. The number of guanidine groups is 1. The first kappa shape index (κ1) is 39.8. The van der Waals surface area contributed by atoms with E-state index in [9.17, 15) is 25.2 Å². The van der Waals surface area contributed by atoms with Crippen molar-refractivity contribution in [2.45, 2.75) is 108 Å². The Morgan fingerprint density at radius 1 is 1.20 bits per heavy atom. The number of carbonyl (C=O) groups is 1. The number of benzene rings is 1. The second-order valence-corrected chi connectivity index (χ2v) is 17.4. The largest absolute Gasteiger partial charge is 0.504 e. The molecule has 4 aliphatic rings. The summed E-state index contributed by atoms with van der Waals surface area (Å²) in [5.41, 5.74) is 6.37. The molecule has 1 aliphatic carbocycles. The Labute approximate surface area is 310 Å². The number of nitrogens with two attached hydrogens (primary N) is 1. The standard InChI is InChI=1S/C37H57N5O7S2/c1-24(44)36-9-5-26-4-3-8-37(23-39-12-14-50-51-15-13-40-35(38)41-22-36)20-30(7-11-42-37)49-34-18-27(28(21-43)17-32(34)47)16-31(26)33(48-25(2)45)19-29(46)6-10-36/h17-18,24,26,29-31,33,39,42-44,46-47H,3-4,6-8,10-16,19-23H2,1-2H3,(H3,38,40,41)/t24-,26+,29-,30+,31-,33-,36+,37+/m0/s1. The number of esters is 1. The van der Waals surface area contributed by atoms with Crippen molar-refractivity contribution in [3.63, 3.8) is 0 Å². The summed E-state index contributed by atoms with van der Waals surface area (Å²) in [6.07, 6.45) is 2.59. The van der Waals surface area contributed by atoms with Crippen LogP contribution in [-0.2, 0) is 22.6 Å². The minimum Gasteiger partial charge on any atom is -0.504 e. The number of aromatic hydroxyl groups is 1. The van der Waals surface area contributed by atoms with Gasteiger partial charge < -0.3 is 51.6 Å². The molecule has 8 atom stereocenters. The molecule has 0 saturated carbocycles. The van der Waals surface area contributed by atoms with Gasteiger partial charge >= 0.3 is 5.97 Å². The molecule has 6 bridgehead atoms. The monoisotopic (exact) mass is 747 g/mol. The van der Waals surface area contributed by atoms with Gasteiger partial charge in [-0.05, 0) is 75.3 Å². The first-order valence-corrected chi connectivity index (χ1v) is 20.9. The predicted octanol–water partition coefficient (Wildman–Crippen LogP) is 2.45. The van der Waals surface area contributed by atoms with Crippen LogP contribution in [0.15, 0.2) is 17.1 Å². The smallest absolute Gasteiger partial charge is 0.302 e. The molecule has 9 N–H and O–H groups in total. The van der Waals surface area contributed by atoms with Gasteiger partial charge in [0.1, 0.15) is 12.2 Å². The van der Waals surface area contributed by atoms with Gasteiger partial charge in [-0.25, -0.2) is 0 Å². The zero-order valence-electron chi connectivity index (χ0n) is 30.0. The quantitative estimate of drug-likeness (QED) is 0.128. The Bertz CT molecular complexity index is 1420. The number of nitrogens with one attached hydrogen (secondary N) is 3. The molecule has 51 heavy (non-hydrogen) atoms. The topological polar surface area (TPSA) is 191 Å². The average molecular weight is 748 g/mol. The highest BCUT2D eigenvalue weighted by Crippen LogP contribution is 2.40. The molecule has 0 unspecified atom stereocenters. The Morgan fingerprint density at radius 3 is 2.76 bits per heavy atom. The number of piperidine rings is 1. The molecule has 0 amide bonds. The van der Waals surface area contributed by atoms with Crippen molar-refractivity contribution in [1.82, 2.24) is 16.0 Å². The lowest BCUT2D eigenvalue weighted by Crippen LogP contribution is -2.59. The number of ether oxygens (including phenoxy) is 2. The number of hydrogen-bond donors (Lipinski definition) is 8. The summed E-state index contributed by atoms with van der Waals surface area (Å²) in [4.78, 5) is 17.3. The van der Waals surface area contributed by atoms with E-state index in [-0.39, 0.29) is 54.8 Å². The Morgan fingerprint density at radius 2 is 2.00 bits per heavy atom. The number of carbonyl (C=O) groups excluding carboxylic acids is 1. The van der Waals surface area contributed by atoms with Crippen LogP contribution in [0.25, 0.3) is 0 Å². The van der Waals surface area contributed by atoms with E-state index < -0.39 is 29.7 Å². The van der Waals surface area contributed by atoms with Gasteiger partial charge in [0.25, 0.3) is 0 Å². The molecule has 1 saturated heterocycles. The van der Waals surface area contributed by atoms with Crippen LogP contribution >= 0.6 is 21.6 Å². The van der Waals surface area contributed by atoms with Crippen molar-refractivity contribution in [3.05, 3.63) is 23.3 Å². The third kappa shape index (κ3) is 10.8. The van der Waals surface area contributed by atoms with Crippen molar-refractivity contribution in [1.29, 1.82) is 0 Å². The van der Waals surface area contributed by atoms with E-state index >= 15 is 0 Å². The molecule has 0 aromatic heterocycles. The lowest BCUT2D eigenvalue weighted by molar-refractivity contribution is -0.152. The van der Waals surface area contributed by atoms with Crippen LogP contribution in [-0.4, -0.2) is 107 Å². The highest BCUT2D eigenvalue weighted by Gasteiger charge is 2.41. The molecule has 1 fully saturated rings.